The van der Waals surface area contributed by atoms with Crippen LogP contribution in [-0.4, -0.2) is 21.1 Å². The SMILES string of the molecule is CC(=O)c1ccc(NC(=O)c2cn3ccsc3n2)cc1. The molecule has 2 heterocycles. The molecular weight excluding hydrogens is 274 g/mol. The number of amides is 1. The highest BCUT2D eigenvalue weighted by Gasteiger charge is 2.11. The normalized spacial score (nSPS) is 10.7. The fourth-order valence-corrected chi connectivity index (χ4v) is 2.52. The van der Waals surface area contributed by atoms with E-state index in [-0.39, 0.29) is 11.7 Å². The molecule has 2 aromatic heterocycles. The summed E-state index contributed by atoms with van der Waals surface area (Å²) in [5, 5.41) is 4.66. The quantitative estimate of drug-likeness (QED) is 0.753. The van der Waals surface area contributed by atoms with Crippen molar-refractivity contribution in [3.05, 3.63) is 53.3 Å². The lowest BCUT2D eigenvalue weighted by molar-refractivity contribution is 0.101. The molecule has 0 bridgehead atoms. The number of fused-ring (bicyclic) bond motifs is 1. The van der Waals surface area contributed by atoms with Gasteiger partial charge in [0.05, 0.1) is 0 Å². The maximum absolute atomic E-state index is 12.1. The van der Waals surface area contributed by atoms with E-state index < -0.39 is 0 Å². The summed E-state index contributed by atoms with van der Waals surface area (Å²) >= 11 is 1.47. The molecule has 1 amide bonds. The summed E-state index contributed by atoms with van der Waals surface area (Å²) in [5.74, 6) is -0.270. The van der Waals surface area contributed by atoms with E-state index in [1.807, 2.05) is 11.6 Å². The van der Waals surface area contributed by atoms with Crippen molar-refractivity contribution in [2.24, 2.45) is 0 Å². The summed E-state index contributed by atoms with van der Waals surface area (Å²) in [6.07, 6.45) is 3.54. The molecule has 0 saturated carbocycles. The van der Waals surface area contributed by atoms with E-state index in [0.717, 1.165) is 4.96 Å². The molecule has 3 aromatic rings. The zero-order valence-corrected chi connectivity index (χ0v) is 11.5. The van der Waals surface area contributed by atoms with Gasteiger partial charge in [0.15, 0.2) is 10.7 Å². The van der Waals surface area contributed by atoms with E-state index in [9.17, 15) is 9.59 Å². The molecule has 0 fully saturated rings. The molecule has 1 N–H and O–H groups in total. The Bertz CT molecular complexity index is 758. The van der Waals surface area contributed by atoms with Gasteiger partial charge in [-0.25, -0.2) is 4.98 Å². The molecule has 1 aromatic carbocycles. The van der Waals surface area contributed by atoms with Gasteiger partial charge in [-0.2, -0.15) is 0 Å². The van der Waals surface area contributed by atoms with E-state index >= 15 is 0 Å². The molecule has 0 aliphatic carbocycles. The Hall–Kier alpha value is -2.47. The maximum atomic E-state index is 12.1. The van der Waals surface area contributed by atoms with Crippen molar-refractivity contribution in [3.63, 3.8) is 0 Å². The lowest BCUT2D eigenvalue weighted by atomic mass is 10.1. The van der Waals surface area contributed by atoms with Gasteiger partial charge in [-0.3, -0.25) is 14.0 Å². The largest absolute Gasteiger partial charge is 0.321 e. The van der Waals surface area contributed by atoms with Crippen LogP contribution in [0.3, 0.4) is 0 Å². The number of nitrogens with zero attached hydrogens (tertiary/aromatic N) is 2. The van der Waals surface area contributed by atoms with E-state index in [2.05, 4.69) is 10.3 Å². The Morgan fingerprint density at radius 3 is 2.65 bits per heavy atom. The third kappa shape index (κ3) is 2.33. The van der Waals surface area contributed by atoms with E-state index in [4.69, 9.17) is 0 Å². The van der Waals surface area contributed by atoms with Gasteiger partial charge in [0.1, 0.15) is 5.69 Å². The van der Waals surface area contributed by atoms with Gasteiger partial charge >= 0.3 is 0 Å². The van der Waals surface area contributed by atoms with Crippen LogP contribution in [0.25, 0.3) is 4.96 Å². The molecule has 6 heteroatoms. The van der Waals surface area contributed by atoms with Crippen LogP contribution >= 0.6 is 11.3 Å². The van der Waals surface area contributed by atoms with Gasteiger partial charge in [0, 0.05) is 29.0 Å². The molecule has 0 spiro atoms. The number of rotatable bonds is 3. The minimum absolute atomic E-state index is 0.00258. The number of aromatic nitrogens is 2. The first-order chi connectivity index (χ1) is 9.63. The summed E-state index contributed by atoms with van der Waals surface area (Å²) in [6, 6.07) is 6.77. The molecule has 0 aliphatic heterocycles. The number of anilines is 1. The molecule has 20 heavy (non-hydrogen) atoms. The maximum Gasteiger partial charge on any atom is 0.275 e. The van der Waals surface area contributed by atoms with E-state index in [0.29, 0.717) is 16.9 Å². The topological polar surface area (TPSA) is 63.5 Å². The highest BCUT2D eigenvalue weighted by molar-refractivity contribution is 7.15. The summed E-state index contributed by atoms with van der Waals surface area (Å²) in [5.41, 5.74) is 1.62. The van der Waals surface area contributed by atoms with Gasteiger partial charge in [-0.1, -0.05) is 0 Å². The van der Waals surface area contributed by atoms with Crippen molar-refractivity contribution in [3.8, 4) is 0 Å². The smallest absolute Gasteiger partial charge is 0.275 e. The second kappa shape index (κ2) is 4.90. The molecule has 5 nitrogen and oxygen atoms in total. The van der Waals surface area contributed by atoms with Crippen molar-refractivity contribution >= 4 is 33.7 Å². The summed E-state index contributed by atoms with van der Waals surface area (Å²) in [4.78, 5) is 28.2. The van der Waals surface area contributed by atoms with Crippen LogP contribution < -0.4 is 5.32 Å². The molecule has 0 atom stereocenters. The Balaban J connectivity index is 1.78. The van der Waals surface area contributed by atoms with E-state index in [1.54, 1.807) is 34.9 Å². The highest BCUT2D eigenvalue weighted by atomic mass is 32.1. The van der Waals surface area contributed by atoms with Gasteiger partial charge in [-0.05, 0) is 31.2 Å². The lowest BCUT2D eigenvalue weighted by Gasteiger charge is -2.03. The van der Waals surface area contributed by atoms with Gasteiger partial charge < -0.3 is 5.32 Å². The summed E-state index contributed by atoms with van der Waals surface area (Å²) in [6.45, 7) is 1.51. The van der Waals surface area contributed by atoms with Gasteiger partial charge in [0.25, 0.3) is 5.91 Å². The molecule has 0 unspecified atom stereocenters. The van der Waals surface area contributed by atoms with Crippen molar-refractivity contribution < 1.29 is 9.59 Å². The van der Waals surface area contributed by atoms with Crippen LogP contribution in [0.4, 0.5) is 5.69 Å². The van der Waals surface area contributed by atoms with Crippen molar-refractivity contribution in [2.45, 2.75) is 6.92 Å². The third-order valence-electron chi connectivity index (χ3n) is 2.88. The molecule has 100 valence electrons. The first-order valence-electron chi connectivity index (χ1n) is 5.98. The first-order valence-corrected chi connectivity index (χ1v) is 6.86. The predicted molar refractivity (Wildman–Crippen MR) is 77.5 cm³/mol. The number of thiazole rings is 1. The number of ketones is 1. The van der Waals surface area contributed by atoms with Crippen molar-refractivity contribution in [2.75, 3.05) is 5.32 Å². The number of hydrogen-bond donors (Lipinski definition) is 1. The Labute approximate surface area is 118 Å². The first kappa shape index (κ1) is 12.6. The van der Waals surface area contributed by atoms with Gasteiger partial charge in [-0.15, -0.1) is 11.3 Å². The number of nitrogens with one attached hydrogen (secondary N) is 1. The Morgan fingerprint density at radius 2 is 2.00 bits per heavy atom. The van der Waals surface area contributed by atoms with Crippen LogP contribution in [0.1, 0.15) is 27.8 Å². The van der Waals surface area contributed by atoms with Crippen molar-refractivity contribution in [1.82, 2.24) is 9.38 Å². The van der Waals surface area contributed by atoms with Crippen LogP contribution in [0.5, 0.6) is 0 Å². The second-order valence-corrected chi connectivity index (χ2v) is 5.18. The van der Waals surface area contributed by atoms with Gasteiger partial charge in [0.2, 0.25) is 0 Å². The minimum Gasteiger partial charge on any atom is -0.321 e. The monoisotopic (exact) mass is 285 g/mol. The average Bonchev–Trinajstić information content (AvgIpc) is 2.99. The van der Waals surface area contributed by atoms with Crippen LogP contribution in [0.15, 0.2) is 42.0 Å². The Morgan fingerprint density at radius 1 is 1.25 bits per heavy atom. The van der Waals surface area contributed by atoms with Crippen LogP contribution in [0.2, 0.25) is 0 Å². The highest BCUT2D eigenvalue weighted by Crippen LogP contribution is 2.14. The zero-order chi connectivity index (χ0) is 14.1. The molecule has 0 saturated heterocycles. The summed E-state index contributed by atoms with van der Waals surface area (Å²) < 4.78 is 1.80. The standard InChI is InChI=1S/C14H11N3O2S/c1-9(18)10-2-4-11(5-3-10)15-13(19)12-8-17-6-7-20-14(17)16-12/h2-8H,1H3,(H,15,19). The average molecular weight is 285 g/mol. The van der Waals surface area contributed by atoms with Crippen molar-refractivity contribution in [1.29, 1.82) is 0 Å². The van der Waals surface area contributed by atoms with Crippen LogP contribution in [0, 0.1) is 0 Å². The minimum atomic E-state index is -0.267. The number of carbonyl (C=O) groups excluding carboxylic acids is 2. The fourth-order valence-electron chi connectivity index (χ4n) is 1.82. The number of imidazole rings is 1. The number of benzene rings is 1. The second-order valence-electron chi connectivity index (χ2n) is 4.31. The fraction of sp³-hybridized carbons (Fsp3) is 0.0714. The number of hydrogen-bond acceptors (Lipinski definition) is 4. The number of Topliss-reactive ketones (excluding diaryl/α,β-unsaturated/α-hetero) is 1. The molecular formula is C14H11N3O2S. The zero-order valence-electron chi connectivity index (χ0n) is 10.7. The molecule has 3 rings (SSSR count). The third-order valence-corrected chi connectivity index (χ3v) is 3.65. The predicted octanol–water partition coefficient (Wildman–Crippen LogP) is 2.85. The summed E-state index contributed by atoms with van der Waals surface area (Å²) in [7, 11) is 0. The van der Waals surface area contributed by atoms with Crippen LogP contribution in [-0.2, 0) is 0 Å². The van der Waals surface area contributed by atoms with E-state index in [1.165, 1.54) is 18.3 Å². The molecule has 0 aliphatic rings. The molecule has 0 radical (unpaired) electrons. The Kier molecular flexibility index (Phi) is 3.08. The lowest BCUT2D eigenvalue weighted by Crippen LogP contribution is -2.12. The number of carbonyl (C=O) groups is 2.